The summed E-state index contributed by atoms with van der Waals surface area (Å²) in [5, 5.41) is 7.51. The molecule has 1 amide bonds. The highest BCUT2D eigenvalue weighted by Gasteiger charge is 2.08. The van der Waals surface area contributed by atoms with Crippen LogP contribution in [0.2, 0.25) is 5.02 Å². The van der Waals surface area contributed by atoms with Gasteiger partial charge in [-0.25, -0.2) is 0 Å². The molecule has 0 atom stereocenters. The van der Waals surface area contributed by atoms with Crippen LogP contribution >= 0.6 is 11.6 Å². The van der Waals surface area contributed by atoms with Crippen LogP contribution in [0.1, 0.15) is 17.7 Å². The summed E-state index contributed by atoms with van der Waals surface area (Å²) in [6.45, 7) is 0.332. The van der Waals surface area contributed by atoms with E-state index in [9.17, 15) is 4.79 Å². The molecule has 0 saturated heterocycles. The van der Waals surface area contributed by atoms with Crippen LogP contribution in [0.15, 0.2) is 59.1 Å². The van der Waals surface area contributed by atoms with E-state index >= 15 is 0 Å². The molecule has 0 fully saturated rings. The number of ether oxygens (including phenoxy) is 1. The second kappa shape index (κ2) is 8.54. The highest BCUT2D eigenvalue weighted by Crippen LogP contribution is 2.22. The third-order valence-corrected chi connectivity index (χ3v) is 4.21. The number of hydrogen-bond acceptors (Lipinski definition) is 4. The van der Waals surface area contributed by atoms with Gasteiger partial charge < -0.3 is 14.6 Å². The van der Waals surface area contributed by atoms with E-state index in [0.29, 0.717) is 35.9 Å². The van der Waals surface area contributed by atoms with Crippen LogP contribution < -0.4 is 10.1 Å². The van der Waals surface area contributed by atoms with Crippen molar-refractivity contribution in [1.82, 2.24) is 10.5 Å². The molecule has 1 heterocycles. The van der Waals surface area contributed by atoms with Gasteiger partial charge in [0.2, 0.25) is 5.91 Å². The molecule has 5 nitrogen and oxygen atoms in total. The lowest BCUT2D eigenvalue weighted by atomic mass is 10.1. The number of carbonyl (C=O) groups excluding carboxylic acids is 1. The van der Waals surface area contributed by atoms with E-state index in [-0.39, 0.29) is 5.91 Å². The van der Waals surface area contributed by atoms with Gasteiger partial charge in [-0.3, -0.25) is 4.79 Å². The third-order valence-electron chi connectivity index (χ3n) is 3.95. The summed E-state index contributed by atoms with van der Waals surface area (Å²) in [7, 11) is 1.63. The van der Waals surface area contributed by atoms with Gasteiger partial charge in [-0.2, -0.15) is 0 Å². The summed E-state index contributed by atoms with van der Waals surface area (Å²) in [4.78, 5) is 12.0. The molecule has 0 saturated carbocycles. The number of carbonyl (C=O) groups is 1. The first-order valence-electron chi connectivity index (χ1n) is 8.25. The molecule has 1 aromatic heterocycles. The van der Waals surface area contributed by atoms with Crippen LogP contribution in [0.3, 0.4) is 0 Å². The molecule has 3 rings (SSSR count). The lowest BCUT2D eigenvalue weighted by molar-refractivity contribution is -0.121. The number of hydrogen-bond donors (Lipinski definition) is 1. The first kappa shape index (κ1) is 18.0. The average Bonchev–Trinajstić information content (AvgIpc) is 3.14. The van der Waals surface area contributed by atoms with Crippen LogP contribution in [-0.4, -0.2) is 18.2 Å². The van der Waals surface area contributed by atoms with Gasteiger partial charge in [0.15, 0.2) is 5.76 Å². The Morgan fingerprint density at radius 2 is 1.88 bits per heavy atom. The molecule has 26 heavy (non-hydrogen) atoms. The van der Waals surface area contributed by atoms with E-state index in [1.165, 1.54) is 0 Å². The number of nitrogens with one attached hydrogen (secondary N) is 1. The number of rotatable bonds is 7. The van der Waals surface area contributed by atoms with Crippen molar-refractivity contribution in [2.24, 2.45) is 0 Å². The minimum atomic E-state index is -0.0307. The highest BCUT2D eigenvalue weighted by molar-refractivity contribution is 6.30. The van der Waals surface area contributed by atoms with E-state index in [1.807, 2.05) is 42.5 Å². The molecular weight excluding hydrogens is 352 g/mol. The number of amides is 1. The van der Waals surface area contributed by atoms with Crippen molar-refractivity contribution in [1.29, 1.82) is 0 Å². The van der Waals surface area contributed by atoms with Crippen molar-refractivity contribution in [3.63, 3.8) is 0 Å². The van der Waals surface area contributed by atoms with Crippen molar-refractivity contribution < 1.29 is 14.1 Å². The van der Waals surface area contributed by atoms with E-state index in [1.54, 1.807) is 19.2 Å². The minimum Gasteiger partial charge on any atom is -0.497 e. The maximum Gasteiger partial charge on any atom is 0.220 e. The summed E-state index contributed by atoms with van der Waals surface area (Å²) < 4.78 is 10.4. The predicted molar refractivity (Wildman–Crippen MR) is 100 cm³/mol. The molecule has 0 aliphatic carbocycles. The Hall–Kier alpha value is -2.79. The van der Waals surface area contributed by atoms with Gasteiger partial charge in [0.1, 0.15) is 11.4 Å². The Bertz CT molecular complexity index is 858. The lowest BCUT2D eigenvalue weighted by Gasteiger charge is -2.04. The number of halogens is 1. The predicted octanol–water partition coefficient (Wildman–Crippen LogP) is 4.25. The fourth-order valence-corrected chi connectivity index (χ4v) is 2.60. The summed E-state index contributed by atoms with van der Waals surface area (Å²) in [5.74, 6) is 1.42. The fourth-order valence-electron chi connectivity index (χ4n) is 2.47. The van der Waals surface area contributed by atoms with E-state index in [0.717, 1.165) is 16.9 Å². The van der Waals surface area contributed by atoms with Gasteiger partial charge in [-0.05, 0) is 48.4 Å². The second-order valence-electron chi connectivity index (χ2n) is 5.81. The molecule has 6 heteroatoms. The molecule has 0 aliphatic rings. The molecule has 0 bridgehead atoms. The van der Waals surface area contributed by atoms with Crippen molar-refractivity contribution in [2.45, 2.75) is 19.4 Å². The normalized spacial score (nSPS) is 10.5. The van der Waals surface area contributed by atoms with E-state index < -0.39 is 0 Å². The maximum absolute atomic E-state index is 12.0. The molecular formula is C20H19ClN2O3. The molecule has 134 valence electrons. The highest BCUT2D eigenvalue weighted by atomic mass is 35.5. The quantitative estimate of drug-likeness (QED) is 0.675. The SMILES string of the molecule is COc1ccc(CCC(=O)NCc2cc(-c3ccc(Cl)cc3)on2)cc1. The zero-order valence-corrected chi connectivity index (χ0v) is 15.1. The largest absolute Gasteiger partial charge is 0.497 e. The number of benzene rings is 2. The Balaban J connectivity index is 1.47. The van der Waals surface area contributed by atoms with Gasteiger partial charge in [0.05, 0.1) is 13.7 Å². The Morgan fingerprint density at radius 1 is 1.15 bits per heavy atom. The zero-order chi connectivity index (χ0) is 18.4. The van der Waals surface area contributed by atoms with Crippen LogP contribution in [0.4, 0.5) is 0 Å². The van der Waals surface area contributed by atoms with Gasteiger partial charge in [0.25, 0.3) is 0 Å². The first-order valence-corrected chi connectivity index (χ1v) is 8.63. The van der Waals surface area contributed by atoms with Crippen molar-refractivity contribution >= 4 is 17.5 Å². The summed E-state index contributed by atoms with van der Waals surface area (Å²) in [6.07, 6.45) is 1.08. The molecule has 0 spiro atoms. The minimum absolute atomic E-state index is 0.0307. The molecule has 1 N–H and O–H groups in total. The fraction of sp³-hybridized carbons (Fsp3) is 0.200. The molecule has 3 aromatic rings. The topological polar surface area (TPSA) is 64.4 Å². The summed E-state index contributed by atoms with van der Waals surface area (Å²) >= 11 is 5.88. The molecule has 0 aliphatic heterocycles. The van der Waals surface area contributed by atoms with Crippen molar-refractivity contribution in [3.8, 4) is 17.1 Å². The molecule has 2 aromatic carbocycles. The third kappa shape index (κ3) is 4.86. The number of nitrogens with zero attached hydrogens (tertiary/aromatic N) is 1. The smallest absolute Gasteiger partial charge is 0.220 e. The van der Waals surface area contributed by atoms with Crippen LogP contribution in [0.25, 0.3) is 11.3 Å². The number of aromatic nitrogens is 1. The first-order chi connectivity index (χ1) is 12.6. The molecule has 0 radical (unpaired) electrons. The van der Waals surface area contributed by atoms with Gasteiger partial charge in [-0.1, -0.05) is 28.9 Å². The Kier molecular flexibility index (Phi) is 5.92. The van der Waals surface area contributed by atoms with Gasteiger partial charge in [-0.15, -0.1) is 0 Å². The van der Waals surface area contributed by atoms with Crippen molar-refractivity contribution in [2.75, 3.05) is 7.11 Å². The number of methoxy groups -OCH3 is 1. The average molecular weight is 371 g/mol. The maximum atomic E-state index is 12.0. The van der Waals surface area contributed by atoms with Crippen molar-refractivity contribution in [3.05, 3.63) is 70.9 Å². The zero-order valence-electron chi connectivity index (χ0n) is 14.4. The van der Waals surface area contributed by atoms with Crippen LogP contribution in [-0.2, 0) is 17.8 Å². The summed E-state index contributed by atoms with van der Waals surface area (Å²) in [5.41, 5.74) is 2.65. The standard InChI is InChI=1S/C20H19ClN2O3/c1-25-18-9-2-14(3-10-18)4-11-20(24)22-13-17-12-19(26-23-17)15-5-7-16(21)8-6-15/h2-3,5-10,12H,4,11,13H2,1H3,(H,22,24). The Labute approximate surface area is 156 Å². The summed E-state index contributed by atoms with van der Waals surface area (Å²) in [6, 6.07) is 16.8. The van der Waals surface area contributed by atoms with Crippen LogP contribution in [0.5, 0.6) is 5.75 Å². The van der Waals surface area contributed by atoms with E-state index in [2.05, 4.69) is 10.5 Å². The monoisotopic (exact) mass is 370 g/mol. The lowest BCUT2D eigenvalue weighted by Crippen LogP contribution is -2.23. The Morgan fingerprint density at radius 3 is 2.58 bits per heavy atom. The van der Waals surface area contributed by atoms with Crippen LogP contribution in [0, 0.1) is 0 Å². The number of aryl methyl sites for hydroxylation is 1. The van der Waals surface area contributed by atoms with Gasteiger partial charge in [0, 0.05) is 23.1 Å². The molecule has 0 unspecified atom stereocenters. The van der Waals surface area contributed by atoms with E-state index in [4.69, 9.17) is 20.9 Å². The second-order valence-corrected chi connectivity index (χ2v) is 6.25. The van der Waals surface area contributed by atoms with Gasteiger partial charge >= 0.3 is 0 Å².